The summed E-state index contributed by atoms with van der Waals surface area (Å²) in [5.41, 5.74) is 3.86. The first-order valence-corrected chi connectivity index (χ1v) is 6.73. The average Bonchev–Trinajstić information content (AvgIpc) is 2.43. The summed E-state index contributed by atoms with van der Waals surface area (Å²) in [7, 11) is 2.16. The smallest absolute Gasteiger partial charge is 0.0252 e. The van der Waals surface area contributed by atoms with Gasteiger partial charge in [0.05, 0.1) is 0 Å². The summed E-state index contributed by atoms with van der Waals surface area (Å²) >= 11 is 0. The fraction of sp³-hybridized carbons (Fsp3) is 0.412. The van der Waals surface area contributed by atoms with Crippen molar-refractivity contribution in [2.24, 2.45) is 0 Å². The van der Waals surface area contributed by atoms with Crippen LogP contribution >= 0.6 is 0 Å². The predicted octanol–water partition coefficient (Wildman–Crippen LogP) is 4.72. The molecule has 0 aliphatic heterocycles. The zero-order chi connectivity index (χ0) is 13.5. The van der Waals surface area contributed by atoms with E-state index in [4.69, 9.17) is 0 Å². The quantitative estimate of drug-likeness (QED) is 0.676. The van der Waals surface area contributed by atoms with Gasteiger partial charge in [0.2, 0.25) is 0 Å². The van der Waals surface area contributed by atoms with Crippen LogP contribution in [0.3, 0.4) is 0 Å². The molecule has 1 rings (SSSR count). The Morgan fingerprint density at radius 3 is 2.39 bits per heavy atom. The van der Waals surface area contributed by atoms with E-state index in [2.05, 4.69) is 82.1 Å². The standard InChI is InChI=1S/C17H25N/c1-6-14(3)18(5)15(4)13-16(7-2)17-11-9-8-10-12-17/h7-14H,6H2,1-5H3/b15-13+,16-7+. The number of hydrogen-bond acceptors (Lipinski definition) is 1. The maximum Gasteiger partial charge on any atom is 0.0252 e. The number of allylic oxidation sites excluding steroid dienone is 4. The van der Waals surface area contributed by atoms with Crippen LogP contribution in [0.25, 0.3) is 5.57 Å². The molecule has 98 valence electrons. The van der Waals surface area contributed by atoms with Crippen LogP contribution in [0.5, 0.6) is 0 Å². The molecule has 0 amide bonds. The first-order valence-electron chi connectivity index (χ1n) is 6.73. The Kier molecular flexibility index (Phi) is 5.70. The summed E-state index contributed by atoms with van der Waals surface area (Å²) in [6, 6.07) is 11.1. The first kappa shape index (κ1) is 14.6. The SMILES string of the molecule is C/C=C(\C=C(/C)N(C)C(C)CC)c1ccccc1. The summed E-state index contributed by atoms with van der Waals surface area (Å²) in [6.45, 7) is 8.76. The van der Waals surface area contributed by atoms with E-state index in [0.717, 1.165) is 6.42 Å². The van der Waals surface area contributed by atoms with Gasteiger partial charge in [-0.15, -0.1) is 0 Å². The Morgan fingerprint density at radius 1 is 1.28 bits per heavy atom. The van der Waals surface area contributed by atoms with Crippen LogP contribution in [0.1, 0.15) is 39.7 Å². The number of hydrogen-bond donors (Lipinski definition) is 0. The van der Waals surface area contributed by atoms with Gasteiger partial charge < -0.3 is 4.90 Å². The van der Waals surface area contributed by atoms with Crippen LogP contribution in [-0.2, 0) is 0 Å². The normalized spacial score (nSPS) is 14.5. The van der Waals surface area contributed by atoms with Gasteiger partial charge in [-0.3, -0.25) is 0 Å². The molecule has 1 aromatic carbocycles. The highest BCUT2D eigenvalue weighted by Gasteiger charge is 2.07. The molecule has 0 fully saturated rings. The van der Waals surface area contributed by atoms with Gasteiger partial charge in [0.1, 0.15) is 0 Å². The van der Waals surface area contributed by atoms with Gasteiger partial charge in [-0.25, -0.2) is 0 Å². The Labute approximate surface area is 112 Å². The molecule has 1 unspecified atom stereocenters. The highest BCUT2D eigenvalue weighted by Crippen LogP contribution is 2.19. The third kappa shape index (κ3) is 3.76. The second-order valence-corrected chi connectivity index (χ2v) is 4.76. The number of nitrogens with zero attached hydrogens (tertiary/aromatic N) is 1. The van der Waals surface area contributed by atoms with E-state index in [9.17, 15) is 0 Å². The zero-order valence-corrected chi connectivity index (χ0v) is 12.3. The van der Waals surface area contributed by atoms with E-state index in [1.165, 1.54) is 16.8 Å². The molecule has 0 N–H and O–H groups in total. The summed E-state index contributed by atoms with van der Waals surface area (Å²) in [5.74, 6) is 0. The lowest BCUT2D eigenvalue weighted by atomic mass is 10.0. The third-order valence-electron chi connectivity index (χ3n) is 3.59. The van der Waals surface area contributed by atoms with Crippen LogP contribution in [0.2, 0.25) is 0 Å². The highest BCUT2D eigenvalue weighted by molar-refractivity contribution is 5.74. The molecule has 0 aromatic heterocycles. The minimum absolute atomic E-state index is 0.579. The van der Waals surface area contributed by atoms with Crippen molar-refractivity contribution in [3.05, 3.63) is 53.7 Å². The van der Waals surface area contributed by atoms with Crippen LogP contribution in [0.4, 0.5) is 0 Å². The minimum Gasteiger partial charge on any atom is -0.375 e. The molecule has 0 saturated heterocycles. The molecule has 1 atom stereocenters. The van der Waals surface area contributed by atoms with Crippen molar-refractivity contribution in [2.75, 3.05) is 7.05 Å². The van der Waals surface area contributed by atoms with E-state index in [0.29, 0.717) is 6.04 Å². The molecule has 1 heteroatoms. The fourth-order valence-corrected chi connectivity index (χ4v) is 1.91. The van der Waals surface area contributed by atoms with Gasteiger partial charge in [0, 0.05) is 18.8 Å². The predicted molar refractivity (Wildman–Crippen MR) is 81.4 cm³/mol. The molecule has 18 heavy (non-hydrogen) atoms. The molecular formula is C17H25N. The van der Waals surface area contributed by atoms with E-state index < -0.39 is 0 Å². The van der Waals surface area contributed by atoms with E-state index >= 15 is 0 Å². The lowest BCUT2D eigenvalue weighted by Crippen LogP contribution is -2.26. The molecule has 0 heterocycles. The Hall–Kier alpha value is -1.50. The Balaban J connectivity index is 2.93. The van der Waals surface area contributed by atoms with Crippen LogP contribution < -0.4 is 0 Å². The topological polar surface area (TPSA) is 3.24 Å². The Morgan fingerprint density at radius 2 is 1.89 bits per heavy atom. The van der Waals surface area contributed by atoms with Crippen molar-refractivity contribution < 1.29 is 0 Å². The van der Waals surface area contributed by atoms with E-state index in [1.54, 1.807) is 0 Å². The second-order valence-electron chi connectivity index (χ2n) is 4.76. The largest absolute Gasteiger partial charge is 0.375 e. The van der Waals surface area contributed by atoms with Gasteiger partial charge in [-0.2, -0.15) is 0 Å². The minimum atomic E-state index is 0.579. The van der Waals surface area contributed by atoms with Crippen LogP contribution in [0, 0.1) is 0 Å². The average molecular weight is 243 g/mol. The van der Waals surface area contributed by atoms with Crippen molar-refractivity contribution in [2.45, 2.75) is 40.2 Å². The molecule has 0 saturated carbocycles. The van der Waals surface area contributed by atoms with Gasteiger partial charge in [-0.05, 0) is 44.4 Å². The van der Waals surface area contributed by atoms with E-state index in [-0.39, 0.29) is 0 Å². The monoisotopic (exact) mass is 243 g/mol. The second kappa shape index (κ2) is 7.05. The summed E-state index contributed by atoms with van der Waals surface area (Å²) in [5, 5.41) is 0. The molecule has 1 aromatic rings. The van der Waals surface area contributed by atoms with Crippen LogP contribution in [0.15, 0.2) is 48.2 Å². The maximum atomic E-state index is 2.34. The molecule has 0 radical (unpaired) electrons. The van der Waals surface area contributed by atoms with Gasteiger partial charge >= 0.3 is 0 Å². The number of benzene rings is 1. The van der Waals surface area contributed by atoms with Crippen molar-refractivity contribution in [1.29, 1.82) is 0 Å². The van der Waals surface area contributed by atoms with Crippen molar-refractivity contribution in [1.82, 2.24) is 4.90 Å². The van der Waals surface area contributed by atoms with Crippen molar-refractivity contribution in [3.8, 4) is 0 Å². The highest BCUT2D eigenvalue weighted by atomic mass is 15.1. The lowest BCUT2D eigenvalue weighted by molar-refractivity contribution is 0.316. The molecular weight excluding hydrogens is 218 g/mol. The molecule has 0 aliphatic rings. The first-order chi connectivity index (χ1) is 8.60. The maximum absolute atomic E-state index is 2.34. The molecule has 1 nitrogen and oxygen atoms in total. The summed E-state index contributed by atoms with van der Waals surface area (Å²) < 4.78 is 0. The van der Waals surface area contributed by atoms with Crippen LogP contribution in [-0.4, -0.2) is 18.0 Å². The fourth-order valence-electron chi connectivity index (χ4n) is 1.91. The lowest BCUT2D eigenvalue weighted by Gasteiger charge is -2.27. The summed E-state index contributed by atoms with van der Waals surface area (Å²) in [6.07, 6.45) is 5.60. The van der Waals surface area contributed by atoms with Gasteiger partial charge in [-0.1, -0.05) is 43.3 Å². The Bertz CT molecular complexity index is 414. The zero-order valence-electron chi connectivity index (χ0n) is 12.3. The molecule has 0 bridgehead atoms. The van der Waals surface area contributed by atoms with Crippen molar-refractivity contribution in [3.63, 3.8) is 0 Å². The summed E-state index contributed by atoms with van der Waals surface area (Å²) in [4.78, 5) is 2.34. The molecule has 0 spiro atoms. The van der Waals surface area contributed by atoms with E-state index in [1.807, 2.05) is 0 Å². The van der Waals surface area contributed by atoms with Crippen molar-refractivity contribution >= 4 is 5.57 Å². The number of rotatable bonds is 5. The van der Waals surface area contributed by atoms with Gasteiger partial charge in [0.25, 0.3) is 0 Å². The third-order valence-corrected chi connectivity index (χ3v) is 3.59. The van der Waals surface area contributed by atoms with Gasteiger partial charge in [0.15, 0.2) is 0 Å². The molecule has 0 aliphatic carbocycles.